The van der Waals surface area contributed by atoms with Crippen molar-refractivity contribution in [1.29, 1.82) is 0 Å². The van der Waals surface area contributed by atoms with Crippen LogP contribution in [0.2, 0.25) is 0 Å². The highest BCUT2D eigenvalue weighted by molar-refractivity contribution is 5.60. The molecule has 3 aliphatic rings. The molecule has 3 heterocycles. The van der Waals surface area contributed by atoms with E-state index in [4.69, 9.17) is 4.74 Å². The van der Waals surface area contributed by atoms with Crippen LogP contribution in [-0.2, 0) is 4.74 Å². The molecule has 0 radical (unpaired) electrons. The van der Waals surface area contributed by atoms with Gasteiger partial charge in [-0.15, -0.1) is 0 Å². The first kappa shape index (κ1) is 14.3. The monoisotopic (exact) mass is 333 g/mol. The van der Waals surface area contributed by atoms with Crippen molar-refractivity contribution in [3.8, 4) is 17.0 Å². The number of alkyl halides is 2. The molecule has 126 valence electrons. The van der Waals surface area contributed by atoms with Crippen LogP contribution in [0.5, 0.6) is 5.75 Å². The number of nitrogens with one attached hydrogen (secondary N) is 1. The third-order valence-electron chi connectivity index (χ3n) is 5.68. The number of halogens is 2. The zero-order valence-corrected chi connectivity index (χ0v) is 12.9. The fourth-order valence-electron chi connectivity index (χ4n) is 4.55. The summed E-state index contributed by atoms with van der Waals surface area (Å²) >= 11 is 0. The molecule has 0 bridgehead atoms. The van der Waals surface area contributed by atoms with E-state index in [0.717, 1.165) is 30.7 Å². The van der Waals surface area contributed by atoms with E-state index in [9.17, 15) is 8.78 Å². The molecular formula is C17H17F2N3O2. The zero-order valence-electron chi connectivity index (χ0n) is 12.9. The summed E-state index contributed by atoms with van der Waals surface area (Å²) < 4.78 is 34.4. The maximum Gasteiger partial charge on any atom is 0.387 e. The van der Waals surface area contributed by atoms with E-state index in [1.807, 2.05) is 6.07 Å². The topological polar surface area (TPSA) is 60.0 Å². The fraction of sp³-hybridized carbons (Fsp3) is 0.529. The minimum atomic E-state index is -2.86. The van der Waals surface area contributed by atoms with Gasteiger partial charge >= 0.3 is 6.61 Å². The lowest BCUT2D eigenvalue weighted by molar-refractivity contribution is -0.115. The van der Waals surface area contributed by atoms with Crippen molar-refractivity contribution in [3.63, 3.8) is 0 Å². The Morgan fingerprint density at radius 2 is 2.00 bits per heavy atom. The van der Waals surface area contributed by atoms with Crippen molar-refractivity contribution in [2.24, 2.45) is 17.3 Å². The number of H-pyrrole nitrogens is 1. The third kappa shape index (κ3) is 2.22. The van der Waals surface area contributed by atoms with Gasteiger partial charge in [-0.1, -0.05) is 0 Å². The Labute approximate surface area is 137 Å². The highest BCUT2D eigenvalue weighted by Gasteiger charge is 2.64. The third-order valence-corrected chi connectivity index (χ3v) is 5.68. The summed E-state index contributed by atoms with van der Waals surface area (Å²) in [6, 6.07) is 3.55. The average Bonchev–Trinajstić information content (AvgIpc) is 2.94. The fourth-order valence-corrected chi connectivity index (χ4v) is 4.55. The van der Waals surface area contributed by atoms with Gasteiger partial charge in [0, 0.05) is 28.8 Å². The molecule has 1 spiro atoms. The summed E-state index contributed by atoms with van der Waals surface area (Å²) in [7, 11) is 0. The SMILES string of the molecule is FC(F)Oc1cncc(-c2cc(C3C4CC5(COC5)CC43)[nH]n2)c1. The molecule has 5 rings (SSSR count). The maximum atomic E-state index is 12.3. The Kier molecular flexibility index (Phi) is 2.98. The van der Waals surface area contributed by atoms with Crippen LogP contribution in [-0.4, -0.2) is 35.0 Å². The zero-order chi connectivity index (χ0) is 16.3. The number of ether oxygens (including phenoxy) is 2. The van der Waals surface area contributed by atoms with Gasteiger partial charge in [-0.25, -0.2) is 0 Å². The van der Waals surface area contributed by atoms with E-state index < -0.39 is 6.61 Å². The molecule has 2 unspecified atom stereocenters. The number of hydrogen-bond donors (Lipinski definition) is 1. The normalized spacial score (nSPS) is 29.5. The first-order chi connectivity index (χ1) is 11.6. The van der Waals surface area contributed by atoms with Gasteiger partial charge in [0.25, 0.3) is 0 Å². The Bertz CT molecular complexity index is 761. The minimum absolute atomic E-state index is 0.0438. The van der Waals surface area contributed by atoms with E-state index >= 15 is 0 Å². The van der Waals surface area contributed by atoms with Gasteiger partial charge in [0.2, 0.25) is 0 Å². The standard InChI is InChI=1S/C17H17F2N3O2/c18-16(19)24-10-1-9(5-20-6-10)13-2-14(22-21-13)15-11-3-17(4-12(11)15)7-23-8-17/h1-2,5-6,11-12,15-16H,3-4,7-8H2,(H,21,22). The molecule has 1 saturated heterocycles. The number of aromatic nitrogens is 3. The number of nitrogens with zero attached hydrogens (tertiary/aromatic N) is 2. The number of aromatic amines is 1. The molecule has 3 fully saturated rings. The Hall–Kier alpha value is -2.02. The summed E-state index contributed by atoms with van der Waals surface area (Å²) in [4.78, 5) is 3.95. The van der Waals surface area contributed by atoms with E-state index in [1.165, 1.54) is 25.1 Å². The smallest absolute Gasteiger partial charge is 0.387 e. The number of rotatable bonds is 4. The molecule has 24 heavy (non-hydrogen) atoms. The van der Waals surface area contributed by atoms with Crippen molar-refractivity contribution >= 4 is 0 Å². The second kappa shape index (κ2) is 4.99. The van der Waals surface area contributed by atoms with Crippen molar-refractivity contribution in [2.75, 3.05) is 13.2 Å². The van der Waals surface area contributed by atoms with Crippen LogP contribution >= 0.6 is 0 Å². The summed E-state index contributed by atoms with van der Waals surface area (Å²) in [5, 5.41) is 7.45. The quantitative estimate of drug-likeness (QED) is 0.933. The molecule has 2 atom stereocenters. The molecule has 2 aromatic heterocycles. The van der Waals surface area contributed by atoms with E-state index in [1.54, 1.807) is 6.20 Å². The highest BCUT2D eigenvalue weighted by Crippen LogP contribution is 2.69. The van der Waals surface area contributed by atoms with Gasteiger partial charge in [0.05, 0.1) is 25.1 Å². The van der Waals surface area contributed by atoms with Crippen molar-refractivity contribution in [1.82, 2.24) is 15.2 Å². The molecule has 2 aliphatic carbocycles. The lowest BCUT2D eigenvalue weighted by Gasteiger charge is -2.39. The lowest BCUT2D eigenvalue weighted by Crippen LogP contribution is -2.41. The second-order valence-corrected chi connectivity index (χ2v) is 7.25. The number of fused-ring (bicyclic) bond motifs is 1. The number of hydrogen-bond acceptors (Lipinski definition) is 4. The molecule has 1 aliphatic heterocycles. The van der Waals surface area contributed by atoms with Gasteiger partial charge in [-0.3, -0.25) is 10.1 Å². The second-order valence-electron chi connectivity index (χ2n) is 7.25. The van der Waals surface area contributed by atoms with Crippen LogP contribution < -0.4 is 4.74 Å². The van der Waals surface area contributed by atoms with E-state index in [2.05, 4.69) is 19.9 Å². The van der Waals surface area contributed by atoms with E-state index in [-0.39, 0.29) is 5.75 Å². The molecule has 5 nitrogen and oxygen atoms in total. The molecule has 0 amide bonds. The summed E-state index contributed by atoms with van der Waals surface area (Å²) in [6.45, 7) is -1.02. The highest BCUT2D eigenvalue weighted by atomic mass is 19.3. The van der Waals surface area contributed by atoms with Crippen LogP contribution in [0, 0.1) is 17.3 Å². The Morgan fingerprint density at radius 3 is 2.67 bits per heavy atom. The van der Waals surface area contributed by atoms with Crippen LogP contribution in [0.25, 0.3) is 11.3 Å². The first-order valence-electron chi connectivity index (χ1n) is 8.17. The summed E-state index contributed by atoms with van der Waals surface area (Å²) in [6.07, 6.45) is 5.37. The molecule has 2 saturated carbocycles. The van der Waals surface area contributed by atoms with Gasteiger partial charge in [0.15, 0.2) is 0 Å². The van der Waals surface area contributed by atoms with Gasteiger partial charge in [0.1, 0.15) is 5.75 Å². The van der Waals surface area contributed by atoms with Gasteiger partial charge in [-0.05, 0) is 36.8 Å². The van der Waals surface area contributed by atoms with Crippen molar-refractivity contribution < 1.29 is 18.3 Å². The van der Waals surface area contributed by atoms with Gasteiger partial charge in [-0.2, -0.15) is 13.9 Å². The average molecular weight is 333 g/mol. The maximum absolute atomic E-state index is 12.3. The molecular weight excluding hydrogens is 316 g/mol. The van der Waals surface area contributed by atoms with Crippen LogP contribution in [0.15, 0.2) is 24.5 Å². The van der Waals surface area contributed by atoms with Crippen molar-refractivity contribution in [3.05, 3.63) is 30.2 Å². The predicted molar refractivity (Wildman–Crippen MR) is 80.7 cm³/mol. The lowest BCUT2D eigenvalue weighted by atomic mass is 9.79. The minimum Gasteiger partial charge on any atom is -0.433 e. The van der Waals surface area contributed by atoms with Crippen molar-refractivity contribution in [2.45, 2.75) is 25.4 Å². The largest absolute Gasteiger partial charge is 0.433 e. The van der Waals surface area contributed by atoms with Crippen LogP contribution in [0.3, 0.4) is 0 Å². The van der Waals surface area contributed by atoms with Gasteiger partial charge < -0.3 is 9.47 Å². The molecule has 1 N–H and O–H groups in total. The predicted octanol–water partition coefficient (Wildman–Crippen LogP) is 3.21. The Morgan fingerprint density at radius 1 is 1.21 bits per heavy atom. The first-order valence-corrected chi connectivity index (χ1v) is 8.17. The van der Waals surface area contributed by atoms with Crippen LogP contribution in [0.1, 0.15) is 24.5 Å². The summed E-state index contributed by atoms with van der Waals surface area (Å²) in [5.41, 5.74) is 2.98. The van der Waals surface area contributed by atoms with E-state index in [0.29, 0.717) is 22.6 Å². The molecule has 2 aromatic rings. The number of pyridine rings is 1. The molecule has 0 aromatic carbocycles. The summed E-state index contributed by atoms with van der Waals surface area (Å²) in [5.74, 6) is 2.05. The molecule has 7 heteroatoms. The van der Waals surface area contributed by atoms with Crippen LogP contribution in [0.4, 0.5) is 8.78 Å². The Balaban J connectivity index is 1.32.